The van der Waals surface area contributed by atoms with E-state index in [9.17, 15) is 0 Å². The molecular formula is C12H17N3O2S. The van der Waals surface area contributed by atoms with Crippen LogP contribution < -0.4 is 10.6 Å². The Morgan fingerprint density at radius 3 is 3.11 bits per heavy atom. The highest BCUT2D eigenvalue weighted by Gasteiger charge is 2.23. The van der Waals surface area contributed by atoms with Gasteiger partial charge in [-0.1, -0.05) is 12.2 Å². The maximum absolute atomic E-state index is 9.17. The SMILES string of the molecule is Cc1ccc(C(N)=S)c(N2CCOC(CO)C2)n1. The van der Waals surface area contributed by atoms with Crippen molar-refractivity contribution in [3.63, 3.8) is 0 Å². The molecule has 98 valence electrons. The number of rotatable bonds is 3. The minimum absolute atomic E-state index is 0.00468. The average Bonchev–Trinajstić information content (AvgIpc) is 2.38. The van der Waals surface area contributed by atoms with Crippen molar-refractivity contribution in [1.82, 2.24) is 4.98 Å². The smallest absolute Gasteiger partial charge is 0.139 e. The summed E-state index contributed by atoms with van der Waals surface area (Å²) in [7, 11) is 0. The van der Waals surface area contributed by atoms with Crippen molar-refractivity contribution in [2.75, 3.05) is 31.2 Å². The molecule has 0 saturated carbocycles. The number of hydrogen-bond acceptors (Lipinski definition) is 5. The van der Waals surface area contributed by atoms with Gasteiger partial charge in [0.25, 0.3) is 0 Å². The number of morpholine rings is 1. The Kier molecular flexibility index (Phi) is 4.11. The van der Waals surface area contributed by atoms with Gasteiger partial charge in [-0.05, 0) is 19.1 Å². The normalized spacial score (nSPS) is 19.9. The molecule has 1 aliphatic heterocycles. The van der Waals surface area contributed by atoms with E-state index in [1.807, 2.05) is 19.1 Å². The van der Waals surface area contributed by atoms with Crippen LogP contribution in [0.15, 0.2) is 12.1 Å². The molecule has 18 heavy (non-hydrogen) atoms. The first kappa shape index (κ1) is 13.2. The van der Waals surface area contributed by atoms with E-state index in [2.05, 4.69) is 9.88 Å². The maximum atomic E-state index is 9.17. The number of nitrogens with zero attached hydrogens (tertiary/aromatic N) is 2. The lowest BCUT2D eigenvalue weighted by Gasteiger charge is -2.34. The van der Waals surface area contributed by atoms with Crippen LogP contribution in [0.25, 0.3) is 0 Å². The van der Waals surface area contributed by atoms with E-state index in [-0.39, 0.29) is 12.7 Å². The molecule has 1 unspecified atom stereocenters. The Morgan fingerprint density at radius 2 is 2.44 bits per heavy atom. The van der Waals surface area contributed by atoms with Crippen molar-refractivity contribution in [2.24, 2.45) is 5.73 Å². The zero-order valence-electron chi connectivity index (χ0n) is 10.3. The molecule has 3 N–H and O–H groups in total. The number of anilines is 1. The minimum Gasteiger partial charge on any atom is -0.394 e. The second kappa shape index (κ2) is 5.60. The summed E-state index contributed by atoms with van der Waals surface area (Å²) in [5.74, 6) is 0.782. The van der Waals surface area contributed by atoms with Crippen LogP contribution in [0, 0.1) is 6.92 Å². The Labute approximate surface area is 112 Å². The molecule has 0 radical (unpaired) electrons. The molecule has 5 nitrogen and oxygen atoms in total. The highest BCUT2D eigenvalue weighted by atomic mass is 32.1. The van der Waals surface area contributed by atoms with Crippen molar-refractivity contribution in [3.8, 4) is 0 Å². The third kappa shape index (κ3) is 2.77. The van der Waals surface area contributed by atoms with Crippen LogP contribution in [0.1, 0.15) is 11.3 Å². The van der Waals surface area contributed by atoms with Crippen LogP contribution in [0.5, 0.6) is 0 Å². The summed E-state index contributed by atoms with van der Waals surface area (Å²) in [5.41, 5.74) is 7.41. The van der Waals surface area contributed by atoms with Crippen molar-refractivity contribution >= 4 is 23.0 Å². The summed E-state index contributed by atoms with van der Waals surface area (Å²) in [4.78, 5) is 6.91. The molecule has 0 aliphatic carbocycles. The Bertz CT molecular complexity index is 453. The van der Waals surface area contributed by atoms with Gasteiger partial charge in [0.1, 0.15) is 10.8 Å². The van der Waals surface area contributed by atoms with Crippen molar-refractivity contribution < 1.29 is 9.84 Å². The summed E-state index contributed by atoms with van der Waals surface area (Å²) in [6.07, 6.45) is -0.180. The lowest BCUT2D eigenvalue weighted by atomic mass is 10.2. The molecule has 0 aromatic carbocycles. The van der Waals surface area contributed by atoms with Gasteiger partial charge in [0.15, 0.2) is 0 Å². The second-order valence-corrected chi connectivity index (χ2v) is 4.75. The third-order valence-corrected chi connectivity index (χ3v) is 3.14. The molecule has 1 aliphatic rings. The minimum atomic E-state index is -0.180. The van der Waals surface area contributed by atoms with Gasteiger partial charge in [-0.25, -0.2) is 4.98 Å². The Morgan fingerprint density at radius 1 is 1.67 bits per heavy atom. The third-order valence-electron chi connectivity index (χ3n) is 2.92. The number of ether oxygens (including phenoxy) is 1. The van der Waals surface area contributed by atoms with Gasteiger partial charge in [0, 0.05) is 18.8 Å². The zero-order chi connectivity index (χ0) is 13.1. The molecule has 1 atom stereocenters. The monoisotopic (exact) mass is 267 g/mol. The van der Waals surface area contributed by atoms with Crippen LogP contribution in [0.2, 0.25) is 0 Å². The number of aromatic nitrogens is 1. The lowest BCUT2D eigenvalue weighted by molar-refractivity contribution is 0.00335. The molecule has 0 bridgehead atoms. The fourth-order valence-electron chi connectivity index (χ4n) is 2.00. The standard InChI is InChI=1S/C12H17N3O2S/c1-8-2-3-10(11(13)18)12(14-8)15-4-5-17-9(6-15)7-16/h2-3,9,16H,4-7H2,1H3,(H2,13,18). The molecule has 2 heterocycles. The topological polar surface area (TPSA) is 71.6 Å². The van der Waals surface area contributed by atoms with E-state index in [1.54, 1.807) is 0 Å². The van der Waals surface area contributed by atoms with Gasteiger partial charge in [-0.15, -0.1) is 0 Å². The van der Waals surface area contributed by atoms with E-state index >= 15 is 0 Å². The highest BCUT2D eigenvalue weighted by Crippen LogP contribution is 2.21. The fraction of sp³-hybridized carbons (Fsp3) is 0.500. The predicted molar refractivity (Wildman–Crippen MR) is 73.9 cm³/mol. The summed E-state index contributed by atoms with van der Waals surface area (Å²) in [5, 5.41) is 9.17. The second-order valence-electron chi connectivity index (χ2n) is 4.31. The molecular weight excluding hydrogens is 250 g/mol. The number of hydrogen-bond donors (Lipinski definition) is 2. The van der Waals surface area contributed by atoms with Crippen LogP contribution >= 0.6 is 12.2 Å². The van der Waals surface area contributed by atoms with Gasteiger partial charge in [0.2, 0.25) is 0 Å². The Balaban J connectivity index is 2.31. The lowest BCUT2D eigenvalue weighted by Crippen LogP contribution is -2.45. The molecule has 1 fully saturated rings. The molecule has 1 aromatic heterocycles. The van der Waals surface area contributed by atoms with Crippen molar-refractivity contribution in [3.05, 3.63) is 23.4 Å². The molecule has 0 amide bonds. The zero-order valence-corrected chi connectivity index (χ0v) is 11.1. The van der Waals surface area contributed by atoms with Crippen LogP contribution in [0.4, 0.5) is 5.82 Å². The first-order valence-corrected chi connectivity index (χ1v) is 6.27. The molecule has 0 spiro atoms. The summed E-state index contributed by atoms with van der Waals surface area (Å²) >= 11 is 5.05. The average molecular weight is 267 g/mol. The summed E-state index contributed by atoms with van der Waals surface area (Å²) in [6, 6.07) is 3.78. The number of thiocarbonyl (C=S) groups is 1. The Hall–Kier alpha value is -1.24. The molecule has 6 heteroatoms. The number of aliphatic hydroxyl groups is 1. The van der Waals surface area contributed by atoms with Crippen molar-refractivity contribution in [1.29, 1.82) is 0 Å². The van der Waals surface area contributed by atoms with Gasteiger partial charge < -0.3 is 20.5 Å². The van der Waals surface area contributed by atoms with E-state index < -0.39 is 0 Å². The van der Waals surface area contributed by atoms with E-state index in [1.165, 1.54) is 0 Å². The van der Waals surface area contributed by atoms with Crippen LogP contribution in [-0.2, 0) is 4.74 Å². The quantitative estimate of drug-likeness (QED) is 0.764. The molecule has 2 rings (SSSR count). The van der Waals surface area contributed by atoms with E-state index in [0.29, 0.717) is 18.1 Å². The van der Waals surface area contributed by atoms with Crippen LogP contribution in [-0.4, -0.2) is 47.5 Å². The molecule has 1 saturated heterocycles. The first-order chi connectivity index (χ1) is 8.61. The number of pyridine rings is 1. The van der Waals surface area contributed by atoms with Gasteiger partial charge in [-0.3, -0.25) is 0 Å². The van der Waals surface area contributed by atoms with E-state index in [0.717, 1.165) is 23.6 Å². The van der Waals surface area contributed by atoms with Crippen LogP contribution in [0.3, 0.4) is 0 Å². The van der Waals surface area contributed by atoms with Gasteiger partial charge >= 0.3 is 0 Å². The maximum Gasteiger partial charge on any atom is 0.139 e. The summed E-state index contributed by atoms with van der Waals surface area (Å²) < 4.78 is 5.43. The highest BCUT2D eigenvalue weighted by molar-refractivity contribution is 7.80. The molecule has 1 aromatic rings. The van der Waals surface area contributed by atoms with Crippen molar-refractivity contribution in [2.45, 2.75) is 13.0 Å². The number of nitrogens with two attached hydrogens (primary N) is 1. The van der Waals surface area contributed by atoms with Gasteiger partial charge in [0.05, 0.1) is 24.9 Å². The van der Waals surface area contributed by atoms with Gasteiger partial charge in [-0.2, -0.15) is 0 Å². The predicted octanol–water partition coefficient (Wildman–Crippen LogP) is 0.222. The van der Waals surface area contributed by atoms with E-state index in [4.69, 9.17) is 27.8 Å². The largest absolute Gasteiger partial charge is 0.394 e. The first-order valence-electron chi connectivity index (χ1n) is 5.86. The summed E-state index contributed by atoms with van der Waals surface area (Å²) in [6.45, 7) is 3.82. The fourth-order valence-corrected chi connectivity index (χ4v) is 2.16. The number of aliphatic hydroxyl groups excluding tert-OH is 1. The number of aryl methyl sites for hydroxylation is 1.